The lowest BCUT2D eigenvalue weighted by atomic mass is 10.2. The topological polar surface area (TPSA) is 68.0 Å². The van der Waals surface area contributed by atoms with Crippen LogP contribution in [0, 0.1) is 12.7 Å². The maximum absolute atomic E-state index is 13.0. The van der Waals surface area contributed by atoms with Gasteiger partial charge in [0.15, 0.2) is 0 Å². The zero-order valence-electron chi connectivity index (χ0n) is 10.3. The van der Waals surface area contributed by atoms with Gasteiger partial charge in [0.25, 0.3) is 5.91 Å². The molecule has 1 unspecified atom stereocenters. The maximum Gasteiger partial charge on any atom is 0.255 e. The number of carbonyl (C=O) groups excluding carboxylic acids is 1. The van der Waals surface area contributed by atoms with Crippen molar-refractivity contribution in [3.8, 4) is 0 Å². The predicted octanol–water partition coefficient (Wildman–Crippen LogP) is 2.66. The zero-order valence-corrected chi connectivity index (χ0v) is 11.0. The molecule has 0 fully saturated rings. The van der Waals surface area contributed by atoms with E-state index in [0.29, 0.717) is 11.7 Å². The number of pyridine rings is 1. The summed E-state index contributed by atoms with van der Waals surface area (Å²) in [5.41, 5.74) is -0.0307. The van der Waals surface area contributed by atoms with Crippen LogP contribution < -0.4 is 5.32 Å². The lowest BCUT2D eigenvalue weighted by Gasteiger charge is -2.11. The molecule has 0 aliphatic carbocycles. The molecule has 0 aliphatic heterocycles. The number of hydrogen-bond acceptors (Lipinski definition) is 4. The van der Waals surface area contributed by atoms with Gasteiger partial charge in [-0.3, -0.25) is 4.79 Å². The molecule has 7 heteroatoms. The fourth-order valence-corrected chi connectivity index (χ4v) is 1.68. The number of aromatic nitrogens is 2. The average Bonchev–Trinajstić information content (AvgIpc) is 2.79. The van der Waals surface area contributed by atoms with E-state index in [1.165, 1.54) is 0 Å². The third-order valence-electron chi connectivity index (χ3n) is 2.41. The molecule has 0 saturated carbocycles. The van der Waals surface area contributed by atoms with Gasteiger partial charge in [0.05, 0.1) is 18.0 Å². The average molecular weight is 284 g/mol. The molecule has 0 saturated heterocycles. The lowest BCUT2D eigenvalue weighted by Crippen LogP contribution is -2.27. The van der Waals surface area contributed by atoms with E-state index in [1.54, 1.807) is 20.0 Å². The number of carbonyl (C=O) groups is 1. The first kappa shape index (κ1) is 13.5. The van der Waals surface area contributed by atoms with Gasteiger partial charge in [-0.25, -0.2) is 14.4 Å². The first-order chi connectivity index (χ1) is 8.97. The Morgan fingerprint density at radius 1 is 1.47 bits per heavy atom. The van der Waals surface area contributed by atoms with E-state index in [9.17, 15) is 9.18 Å². The summed E-state index contributed by atoms with van der Waals surface area (Å²) < 4.78 is 18.3. The first-order valence-corrected chi connectivity index (χ1v) is 5.89. The van der Waals surface area contributed by atoms with Crippen LogP contribution in [-0.4, -0.2) is 15.9 Å². The van der Waals surface area contributed by atoms with Crippen molar-refractivity contribution in [1.29, 1.82) is 0 Å². The highest BCUT2D eigenvalue weighted by Gasteiger charge is 2.18. The van der Waals surface area contributed by atoms with Crippen molar-refractivity contribution in [3.05, 3.63) is 46.6 Å². The van der Waals surface area contributed by atoms with Gasteiger partial charge < -0.3 is 9.73 Å². The molecule has 2 aromatic heterocycles. The number of hydrogen-bond donors (Lipinski definition) is 1. The normalized spacial score (nSPS) is 12.2. The molecule has 2 heterocycles. The highest BCUT2D eigenvalue weighted by Crippen LogP contribution is 2.17. The third kappa shape index (κ3) is 3.08. The van der Waals surface area contributed by atoms with E-state index in [-0.39, 0.29) is 10.7 Å². The smallest absolute Gasteiger partial charge is 0.255 e. The third-order valence-corrected chi connectivity index (χ3v) is 2.71. The number of nitrogens with one attached hydrogen (secondary N) is 1. The number of nitrogens with zero attached hydrogens (tertiary/aromatic N) is 2. The van der Waals surface area contributed by atoms with Crippen LogP contribution in [0.3, 0.4) is 0 Å². The number of halogens is 2. The summed E-state index contributed by atoms with van der Waals surface area (Å²) in [5.74, 6) is -0.164. The van der Waals surface area contributed by atoms with E-state index >= 15 is 0 Å². The number of amides is 1. The second kappa shape index (κ2) is 5.36. The van der Waals surface area contributed by atoms with Crippen molar-refractivity contribution in [1.82, 2.24) is 15.3 Å². The standard InChI is InChI=1S/C12H11ClFN3O2/c1-6-4-16-12(19-6)7(2)17-11(18)9-3-8(14)5-15-10(9)13/h3-5,7H,1-2H3,(H,17,18). The van der Waals surface area contributed by atoms with Gasteiger partial charge >= 0.3 is 0 Å². The van der Waals surface area contributed by atoms with Crippen LogP contribution in [0.1, 0.15) is 35.0 Å². The van der Waals surface area contributed by atoms with Crippen LogP contribution in [0.4, 0.5) is 4.39 Å². The van der Waals surface area contributed by atoms with E-state index in [1.807, 2.05) is 0 Å². The number of oxazole rings is 1. The minimum atomic E-state index is -0.630. The van der Waals surface area contributed by atoms with E-state index in [4.69, 9.17) is 16.0 Å². The van der Waals surface area contributed by atoms with Crippen LogP contribution in [0.15, 0.2) is 22.9 Å². The van der Waals surface area contributed by atoms with Crippen molar-refractivity contribution in [2.24, 2.45) is 0 Å². The van der Waals surface area contributed by atoms with Gasteiger partial charge in [-0.1, -0.05) is 11.6 Å². The molecule has 5 nitrogen and oxygen atoms in total. The molecule has 0 aromatic carbocycles. The molecule has 2 aromatic rings. The van der Waals surface area contributed by atoms with Crippen LogP contribution >= 0.6 is 11.6 Å². The van der Waals surface area contributed by atoms with E-state index in [2.05, 4.69) is 15.3 Å². The summed E-state index contributed by atoms with van der Waals surface area (Å²) in [4.78, 5) is 19.5. The van der Waals surface area contributed by atoms with Crippen LogP contribution in [0.2, 0.25) is 5.15 Å². The summed E-state index contributed by atoms with van der Waals surface area (Å²) in [7, 11) is 0. The minimum absolute atomic E-state index is 0.0307. The van der Waals surface area contributed by atoms with Crippen LogP contribution in [0.5, 0.6) is 0 Å². The van der Waals surface area contributed by atoms with Gasteiger partial charge in [-0.2, -0.15) is 0 Å². The summed E-state index contributed by atoms with van der Waals surface area (Å²) in [5, 5.41) is 2.55. The van der Waals surface area contributed by atoms with Crippen molar-refractivity contribution in [3.63, 3.8) is 0 Å². The molecule has 1 N–H and O–H groups in total. The molecular formula is C12H11ClFN3O2. The summed E-state index contributed by atoms with van der Waals surface area (Å²) in [6.07, 6.45) is 2.49. The molecule has 0 bridgehead atoms. The first-order valence-electron chi connectivity index (χ1n) is 5.51. The molecule has 19 heavy (non-hydrogen) atoms. The summed E-state index contributed by atoms with van der Waals surface area (Å²) in [6.45, 7) is 3.45. The molecule has 0 radical (unpaired) electrons. The molecule has 1 atom stereocenters. The molecule has 2 rings (SSSR count). The quantitative estimate of drug-likeness (QED) is 0.879. The highest BCUT2D eigenvalue weighted by atomic mass is 35.5. The maximum atomic E-state index is 13.0. The number of rotatable bonds is 3. The summed E-state index contributed by atoms with van der Waals surface area (Å²) in [6, 6.07) is 0.568. The SMILES string of the molecule is Cc1cnc(C(C)NC(=O)c2cc(F)cnc2Cl)o1. The van der Waals surface area contributed by atoms with Gasteiger partial charge in [0.2, 0.25) is 5.89 Å². The molecule has 0 spiro atoms. The monoisotopic (exact) mass is 283 g/mol. The Morgan fingerprint density at radius 3 is 2.84 bits per heavy atom. The molecule has 1 amide bonds. The second-order valence-corrected chi connectivity index (χ2v) is 4.35. The minimum Gasteiger partial charge on any atom is -0.444 e. The number of aryl methyl sites for hydroxylation is 1. The highest BCUT2D eigenvalue weighted by molar-refractivity contribution is 6.32. The second-order valence-electron chi connectivity index (χ2n) is 4.00. The molecule has 0 aliphatic rings. The predicted molar refractivity (Wildman–Crippen MR) is 66.3 cm³/mol. The van der Waals surface area contributed by atoms with E-state index < -0.39 is 17.8 Å². The van der Waals surface area contributed by atoms with Gasteiger partial charge in [-0.05, 0) is 19.9 Å². The Labute approximate surface area is 113 Å². The van der Waals surface area contributed by atoms with Gasteiger partial charge in [0, 0.05) is 0 Å². The van der Waals surface area contributed by atoms with Crippen molar-refractivity contribution in [2.45, 2.75) is 19.9 Å². The van der Waals surface area contributed by atoms with Crippen molar-refractivity contribution >= 4 is 17.5 Å². The van der Waals surface area contributed by atoms with Crippen molar-refractivity contribution < 1.29 is 13.6 Å². The Hall–Kier alpha value is -1.95. The molecule has 100 valence electrons. The molecular weight excluding hydrogens is 273 g/mol. The van der Waals surface area contributed by atoms with Crippen LogP contribution in [-0.2, 0) is 0 Å². The van der Waals surface area contributed by atoms with Gasteiger partial charge in [-0.15, -0.1) is 0 Å². The van der Waals surface area contributed by atoms with Gasteiger partial charge in [0.1, 0.15) is 22.8 Å². The Bertz CT molecular complexity index is 615. The largest absolute Gasteiger partial charge is 0.444 e. The summed E-state index contributed by atoms with van der Waals surface area (Å²) >= 11 is 5.75. The van der Waals surface area contributed by atoms with Crippen LogP contribution in [0.25, 0.3) is 0 Å². The Kier molecular flexibility index (Phi) is 3.80. The van der Waals surface area contributed by atoms with Crippen molar-refractivity contribution in [2.75, 3.05) is 0 Å². The Balaban J connectivity index is 2.15. The fraction of sp³-hybridized carbons (Fsp3) is 0.250. The van der Waals surface area contributed by atoms with E-state index in [0.717, 1.165) is 12.3 Å². The zero-order chi connectivity index (χ0) is 14.0. The fourth-order valence-electron chi connectivity index (χ4n) is 1.49. The lowest BCUT2D eigenvalue weighted by molar-refractivity contribution is 0.0933. The Morgan fingerprint density at radius 2 is 2.21 bits per heavy atom.